The minimum atomic E-state index is 0.476. The quantitative estimate of drug-likeness (QED) is 0.615. The predicted octanol–water partition coefficient (Wildman–Crippen LogP) is 4.07. The van der Waals surface area contributed by atoms with Gasteiger partial charge in [0.15, 0.2) is 0 Å². The highest BCUT2D eigenvalue weighted by molar-refractivity contribution is 5.97. The standard InChI is InChI=1S/C15H22N2/c1-2-17(14-11-7-4-8-12-14)15(16)13-9-5-3-6-10-13/h4,7-8,11-13,16H,2-3,5-6,9-10H2,1H3. The van der Waals surface area contributed by atoms with Crippen LogP contribution in [0.3, 0.4) is 0 Å². The molecule has 0 amide bonds. The second-order valence-corrected chi connectivity index (χ2v) is 4.80. The number of anilines is 1. The molecule has 1 aromatic carbocycles. The van der Waals surface area contributed by atoms with Crippen LogP contribution >= 0.6 is 0 Å². The summed E-state index contributed by atoms with van der Waals surface area (Å²) in [4.78, 5) is 2.15. The van der Waals surface area contributed by atoms with Crippen molar-refractivity contribution < 1.29 is 0 Å². The summed E-state index contributed by atoms with van der Waals surface area (Å²) in [7, 11) is 0. The largest absolute Gasteiger partial charge is 0.330 e. The van der Waals surface area contributed by atoms with Crippen molar-refractivity contribution in [1.29, 1.82) is 5.41 Å². The van der Waals surface area contributed by atoms with Crippen molar-refractivity contribution in [1.82, 2.24) is 0 Å². The summed E-state index contributed by atoms with van der Waals surface area (Å²) < 4.78 is 0. The molecule has 0 radical (unpaired) electrons. The second kappa shape index (κ2) is 5.85. The van der Waals surface area contributed by atoms with Crippen LogP contribution in [0.1, 0.15) is 39.0 Å². The van der Waals surface area contributed by atoms with E-state index in [1.807, 2.05) is 18.2 Å². The first-order chi connectivity index (χ1) is 8.33. The van der Waals surface area contributed by atoms with Crippen molar-refractivity contribution in [3.63, 3.8) is 0 Å². The second-order valence-electron chi connectivity index (χ2n) is 4.80. The Labute approximate surface area is 104 Å². The third-order valence-electron chi connectivity index (χ3n) is 3.67. The monoisotopic (exact) mass is 230 g/mol. The van der Waals surface area contributed by atoms with Gasteiger partial charge in [0.1, 0.15) is 5.84 Å². The van der Waals surface area contributed by atoms with Crippen molar-refractivity contribution in [2.45, 2.75) is 39.0 Å². The molecule has 1 N–H and O–H groups in total. The summed E-state index contributed by atoms with van der Waals surface area (Å²) in [5.74, 6) is 1.29. The molecular formula is C15H22N2. The molecule has 1 aromatic rings. The molecule has 92 valence electrons. The number of hydrogen-bond acceptors (Lipinski definition) is 1. The van der Waals surface area contributed by atoms with E-state index in [-0.39, 0.29) is 0 Å². The van der Waals surface area contributed by atoms with Gasteiger partial charge >= 0.3 is 0 Å². The van der Waals surface area contributed by atoms with Gasteiger partial charge in [-0.05, 0) is 31.9 Å². The Kier molecular flexibility index (Phi) is 4.18. The zero-order valence-electron chi connectivity index (χ0n) is 10.7. The van der Waals surface area contributed by atoms with Crippen molar-refractivity contribution >= 4 is 11.5 Å². The van der Waals surface area contributed by atoms with Gasteiger partial charge in [-0.3, -0.25) is 5.41 Å². The van der Waals surface area contributed by atoms with E-state index in [1.165, 1.54) is 32.1 Å². The predicted molar refractivity (Wildman–Crippen MR) is 73.8 cm³/mol. The first kappa shape index (κ1) is 12.2. The molecule has 0 bridgehead atoms. The third-order valence-corrected chi connectivity index (χ3v) is 3.67. The van der Waals surface area contributed by atoms with Crippen LogP contribution in [0.15, 0.2) is 30.3 Å². The van der Waals surface area contributed by atoms with Crippen LogP contribution in [-0.2, 0) is 0 Å². The molecular weight excluding hydrogens is 208 g/mol. The number of amidine groups is 1. The fourth-order valence-electron chi connectivity index (χ4n) is 2.70. The first-order valence-electron chi connectivity index (χ1n) is 6.74. The van der Waals surface area contributed by atoms with Gasteiger partial charge in [-0.2, -0.15) is 0 Å². The molecule has 2 rings (SSSR count). The molecule has 2 heteroatoms. The van der Waals surface area contributed by atoms with Gasteiger partial charge in [0, 0.05) is 18.2 Å². The van der Waals surface area contributed by atoms with E-state index in [2.05, 4.69) is 24.0 Å². The third kappa shape index (κ3) is 2.87. The number of nitrogens with zero attached hydrogens (tertiary/aromatic N) is 1. The van der Waals surface area contributed by atoms with Crippen molar-refractivity contribution in [2.75, 3.05) is 11.4 Å². The molecule has 0 heterocycles. The van der Waals surface area contributed by atoms with Crippen molar-refractivity contribution in [3.05, 3.63) is 30.3 Å². The summed E-state index contributed by atoms with van der Waals surface area (Å²) in [6.07, 6.45) is 6.32. The Morgan fingerprint density at radius 3 is 2.41 bits per heavy atom. The van der Waals surface area contributed by atoms with E-state index in [9.17, 15) is 0 Å². The van der Waals surface area contributed by atoms with E-state index >= 15 is 0 Å². The van der Waals surface area contributed by atoms with Gasteiger partial charge in [0.05, 0.1) is 0 Å². The van der Waals surface area contributed by atoms with Gasteiger partial charge in [-0.1, -0.05) is 37.5 Å². The molecule has 2 nitrogen and oxygen atoms in total. The van der Waals surface area contributed by atoms with Crippen molar-refractivity contribution in [3.8, 4) is 0 Å². The molecule has 0 saturated heterocycles. The van der Waals surface area contributed by atoms with Crippen LogP contribution in [0, 0.1) is 11.3 Å². The maximum absolute atomic E-state index is 8.40. The molecule has 1 aliphatic rings. The summed E-state index contributed by atoms with van der Waals surface area (Å²) in [6.45, 7) is 3.02. The molecule has 1 fully saturated rings. The Balaban J connectivity index is 2.10. The Bertz CT molecular complexity index is 352. The summed E-state index contributed by atoms with van der Waals surface area (Å²) in [6, 6.07) is 10.3. The zero-order chi connectivity index (χ0) is 12.1. The maximum Gasteiger partial charge on any atom is 0.103 e. The number of hydrogen-bond donors (Lipinski definition) is 1. The Morgan fingerprint density at radius 2 is 1.82 bits per heavy atom. The molecule has 1 aliphatic carbocycles. The average Bonchev–Trinajstić information content (AvgIpc) is 2.42. The van der Waals surface area contributed by atoms with Crippen LogP contribution < -0.4 is 4.90 Å². The lowest BCUT2D eigenvalue weighted by Crippen LogP contribution is -2.36. The van der Waals surface area contributed by atoms with E-state index in [1.54, 1.807) is 0 Å². The number of para-hydroxylation sites is 1. The van der Waals surface area contributed by atoms with E-state index in [0.29, 0.717) is 5.92 Å². The first-order valence-corrected chi connectivity index (χ1v) is 6.74. The van der Waals surface area contributed by atoms with Gasteiger partial charge in [-0.25, -0.2) is 0 Å². The highest BCUT2D eigenvalue weighted by Crippen LogP contribution is 2.27. The fraction of sp³-hybridized carbons (Fsp3) is 0.533. The molecule has 0 aliphatic heterocycles. The normalized spacial score (nSPS) is 16.8. The van der Waals surface area contributed by atoms with Gasteiger partial charge in [0.25, 0.3) is 0 Å². The summed E-state index contributed by atoms with van der Waals surface area (Å²) in [5, 5.41) is 8.40. The van der Waals surface area contributed by atoms with Crippen LogP contribution in [0.2, 0.25) is 0 Å². The molecule has 0 aromatic heterocycles. The molecule has 1 saturated carbocycles. The fourth-order valence-corrected chi connectivity index (χ4v) is 2.70. The number of rotatable bonds is 3. The maximum atomic E-state index is 8.40. The highest BCUT2D eigenvalue weighted by Gasteiger charge is 2.22. The number of benzene rings is 1. The van der Waals surface area contributed by atoms with E-state index in [0.717, 1.165) is 18.1 Å². The summed E-state index contributed by atoms with van der Waals surface area (Å²) in [5.41, 5.74) is 1.16. The van der Waals surface area contributed by atoms with E-state index in [4.69, 9.17) is 5.41 Å². The average molecular weight is 230 g/mol. The van der Waals surface area contributed by atoms with Crippen LogP contribution in [0.5, 0.6) is 0 Å². The Morgan fingerprint density at radius 1 is 1.18 bits per heavy atom. The lowest BCUT2D eigenvalue weighted by Gasteiger charge is -2.31. The zero-order valence-corrected chi connectivity index (χ0v) is 10.7. The van der Waals surface area contributed by atoms with Crippen LogP contribution in [0.4, 0.5) is 5.69 Å². The highest BCUT2D eigenvalue weighted by atomic mass is 15.2. The molecule has 0 unspecified atom stereocenters. The van der Waals surface area contributed by atoms with Gasteiger partial charge in [0.2, 0.25) is 0 Å². The molecule has 0 spiro atoms. The molecule has 17 heavy (non-hydrogen) atoms. The minimum absolute atomic E-state index is 0.476. The van der Waals surface area contributed by atoms with E-state index < -0.39 is 0 Å². The Hall–Kier alpha value is -1.31. The minimum Gasteiger partial charge on any atom is -0.330 e. The van der Waals surface area contributed by atoms with Gasteiger partial charge in [-0.15, -0.1) is 0 Å². The lowest BCUT2D eigenvalue weighted by atomic mass is 9.88. The summed E-state index contributed by atoms with van der Waals surface area (Å²) >= 11 is 0. The van der Waals surface area contributed by atoms with Crippen LogP contribution in [0.25, 0.3) is 0 Å². The topological polar surface area (TPSA) is 27.1 Å². The lowest BCUT2D eigenvalue weighted by molar-refractivity contribution is 0.434. The van der Waals surface area contributed by atoms with Crippen molar-refractivity contribution in [2.24, 2.45) is 5.92 Å². The number of nitrogens with one attached hydrogen (secondary N) is 1. The van der Waals surface area contributed by atoms with Gasteiger partial charge < -0.3 is 4.90 Å². The van der Waals surface area contributed by atoms with Crippen LogP contribution in [-0.4, -0.2) is 12.4 Å². The molecule has 0 atom stereocenters. The SMILES string of the molecule is CCN(C(=N)C1CCCCC1)c1ccccc1. The smallest absolute Gasteiger partial charge is 0.103 e.